The van der Waals surface area contributed by atoms with Crippen molar-refractivity contribution >= 4 is 50.3 Å². The fourth-order valence-electron chi connectivity index (χ4n) is 1.75. The molecular formula is C14H12BrN3O3S. The van der Waals surface area contributed by atoms with Crippen molar-refractivity contribution in [1.29, 1.82) is 0 Å². The van der Waals surface area contributed by atoms with Gasteiger partial charge in [-0.25, -0.2) is 0 Å². The third-order valence-corrected chi connectivity index (χ3v) is 3.42. The molecule has 0 aromatic heterocycles. The summed E-state index contributed by atoms with van der Waals surface area (Å²) in [6, 6.07) is 11.8. The highest BCUT2D eigenvalue weighted by Crippen LogP contribution is 2.29. The lowest BCUT2D eigenvalue weighted by molar-refractivity contribution is -0.384. The van der Waals surface area contributed by atoms with Gasteiger partial charge in [-0.05, 0) is 36.5 Å². The van der Waals surface area contributed by atoms with Gasteiger partial charge in [-0.1, -0.05) is 22.0 Å². The number of nitrogens with zero attached hydrogens (tertiary/aromatic N) is 1. The third-order valence-electron chi connectivity index (χ3n) is 2.73. The Morgan fingerprint density at radius 3 is 2.68 bits per heavy atom. The van der Waals surface area contributed by atoms with Crippen LogP contribution in [0, 0.1) is 10.1 Å². The second kappa shape index (κ2) is 7.19. The topological polar surface area (TPSA) is 76.4 Å². The number of hydrogen-bond acceptors (Lipinski definition) is 4. The van der Waals surface area contributed by atoms with Crippen molar-refractivity contribution in [2.75, 3.05) is 17.7 Å². The monoisotopic (exact) mass is 381 g/mol. The van der Waals surface area contributed by atoms with Crippen molar-refractivity contribution in [3.63, 3.8) is 0 Å². The fraction of sp³-hybridized carbons (Fsp3) is 0.0714. The van der Waals surface area contributed by atoms with E-state index in [-0.39, 0.29) is 5.69 Å². The molecule has 0 spiro atoms. The number of hydrogen-bond donors (Lipinski definition) is 2. The predicted octanol–water partition coefficient (Wildman–Crippen LogP) is 4.17. The fourth-order valence-corrected chi connectivity index (χ4v) is 2.37. The summed E-state index contributed by atoms with van der Waals surface area (Å²) in [7, 11) is 1.44. The number of halogens is 1. The van der Waals surface area contributed by atoms with Gasteiger partial charge in [-0.3, -0.25) is 10.1 Å². The van der Waals surface area contributed by atoms with Crippen molar-refractivity contribution in [3.05, 3.63) is 57.1 Å². The first-order chi connectivity index (χ1) is 10.5. The molecule has 2 rings (SSSR count). The Balaban J connectivity index is 2.12. The molecule has 2 aromatic rings. The maximum Gasteiger partial charge on any atom is 0.273 e. The summed E-state index contributed by atoms with van der Waals surface area (Å²) in [5, 5.41) is 17.1. The molecule has 0 fully saturated rings. The zero-order valence-corrected chi connectivity index (χ0v) is 13.9. The van der Waals surface area contributed by atoms with Crippen LogP contribution in [-0.2, 0) is 0 Å². The first-order valence-corrected chi connectivity index (χ1v) is 7.35. The van der Waals surface area contributed by atoms with E-state index in [2.05, 4.69) is 26.6 Å². The summed E-state index contributed by atoms with van der Waals surface area (Å²) in [5.41, 5.74) is 1.31. The number of anilines is 2. The number of benzene rings is 2. The van der Waals surface area contributed by atoms with Crippen molar-refractivity contribution in [1.82, 2.24) is 0 Å². The molecule has 6 nitrogen and oxygen atoms in total. The molecule has 0 saturated carbocycles. The Morgan fingerprint density at radius 1 is 1.27 bits per heavy atom. The molecule has 0 saturated heterocycles. The minimum Gasteiger partial charge on any atom is -0.494 e. The summed E-state index contributed by atoms with van der Waals surface area (Å²) >= 11 is 8.60. The van der Waals surface area contributed by atoms with E-state index in [9.17, 15) is 10.1 Å². The standard InChI is InChI=1S/C14H12BrN3O3S/c1-21-13-8-11(18(19)20)5-6-12(13)17-14(22)16-10-4-2-3-9(15)7-10/h2-8H,1H3,(H2,16,17,22). The van der Waals surface area contributed by atoms with E-state index in [1.165, 1.54) is 19.2 Å². The number of non-ortho nitro benzene ring substituents is 1. The lowest BCUT2D eigenvalue weighted by Gasteiger charge is -2.13. The second-order valence-electron chi connectivity index (χ2n) is 4.23. The van der Waals surface area contributed by atoms with Gasteiger partial charge in [0.15, 0.2) is 5.11 Å². The van der Waals surface area contributed by atoms with Crippen LogP contribution in [0.2, 0.25) is 0 Å². The SMILES string of the molecule is COc1cc([N+](=O)[O-])ccc1NC(=S)Nc1cccc(Br)c1. The van der Waals surface area contributed by atoms with Crippen LogP contribution in [0.3, 0.4) is 0 Å². The highest BCUT2D eigenvalue weighted by molar-refractivity contribution is 9.10. The number of ether oxygens (including phenoxy) is 1. The van der Waals surface area contributed by atoms with Gasteiger partial charge in [0.1, 0.15) is 5.75 Å². The minimum absolute atomic E-state index is 0.0479. The highest BCUT2D eigenvalue weighted by Gasteiger charge is 2.12. The van der Waals surface area contributed by atoms with Gasteiger partial charge in [-0.2, -0.15) is 0 Å². The van der Waals surface area contributed by atoms with Crippen LogP contribution < -0.4 is 15.4 Å². The Labute approximate surface area is 140 Å². The molecule has 2 aromatic carbocycles. The Hall–Kier alpha value is -2.19. The van der Waals surface area contributed by atoms with Crippen LogP contribution in [0.15, 0.2) is 46.9 Å². The van der Waals surface area contributed by atoms with Gasteiger partial charge in [0.05, 0.1) is 23.8 Å². The van der Waals surface area contributed by atoms with Crippen LogP contribution >= 0.6 is 28.1 Å². The van der Waals surface area contributed by atoms with Gasteiger partial charge < -0.3 is 15.4 Å². The molecule has 0 atom stereocenters. The summed E-state index contributed by atoms with van der Waals surface area (Å²) < 4.78 is 6.07. The Morgan fingerprint density at radius 2 is 2.05 bits per heavy atom. The lowest BCUT2D eigenvalue weighted by Crippen LogP contribution is -2.19. The predicted molar refractivity (Wildman–Crippen MR) is 93.6 cm³/mol. The largest absolute Gasteiger partial charge is 0.494 e. The smallest absolute Gasteiger partial charge is 0.273 e. The zero-order chi connectivity index (χ0) is 16.1. The first kappa shape index (κ1) is 16.2. The van der Waals surface area contributed by atoms with E-state index in [1.54, 1.807) is 6.07 Å². The minimum atomic E-state index is -0.482. The molecule has 114 valence electrons. The van der Waals surface area contributed by atoms with Crippen LogP contribution in [0.25, 0.3) is 0 Å². The Bertz CT molecular complexity index is 724. The van der Waals surface area contributed by atoms with Crippen LogP contribution in [0.1, 0.15) is 0 Å². The molecule has 0 heterocycles. The maximum atomic E-state index is 10.8. The quantitative estimate of drug-likeness (QED) is 0.470. The van der Waals surface area contributed by atoms with E-state index in [0.29, 0.717) is 16.5 Å². The number of rotatable bonds is 4. The van der Waals surface area contributed by atoms with Gasteiger partial charge in [0.25, 0.3) is 5.69 Å². The van der Waals surface area contributed by atoms with Gasteiger partial charge in [-0.15, -0.1) is 0 Å². The number of nitro groups is 1. The molecule has 8 heteroatoms. The van der Waals surface area contributed by atoms with Crippen molar-refractivity contribution in [3.8, 4) is 5.75 Å². The number of nitro benzene ring substituents is 1. The van der Waals surface area contributed by atoms with E-state index < -0.39 is 4.92 Å². The molecule has 0 bridgehead atoms. The van der Waals surface area contributed by atoms with Crippen LogP contribution in [0.5, 0.6) is 5.75 Å². The van der Waals surface area contributed by atoms with E-state index >= 15 is 0 Å². The molecule has 0 radical (unpaired) electrons. The van der Waals surface area contributed by atoms with E-state index in [0.717, 1.165) is 10.2 Å². The molecule has 2 N–H and O–H groups in total. The molecule has 0 aliphatic heterocycles. The van der Waals surface area contributed by atoms with Gasteiger partial charge in [0.2, 0.25) is 0 Å². The molecule has 0 unspecified atom stereocenters. The van der Waals surface area contributed by atoms with E-state index in [4.69, 9.17) is 17.0 Å². The summed E-state index contributed by atoms with van der Waals surface area (Å²) in [5.74, 6) is 0.340. The van der Waals surface area contributed by atoms with Gasteiger partial charge >= 0.3 is 0 Å². The van der Waals surface area contributed by atoms with Crippen molar-refractivity contribution in [2.24, 2.45) is 0 Å². The summed E-state index contributed by atoms with van der Waals surface area (Å²) in [4.78, 5) is 10.3. The first-order valence-electron chi connectivity index (χ1n) is 6.15. The van der Waals surface area contributed by atoms with E-state index in [1.807, 2.05) is 24.3 Å². The van der Waals surface area contributed by atoms with Crippen LogP contribution in [0.4, 0.5) is 17.1 Å². The Kier molecular flexibility index (Phi) is 5.29. The van der Waals surface area contributed by atoms with Crippen molar-refractivity contribution < 1.29 is 9.66 Å². The maximum absolute atomic E-state index is 10.8. The lowest BCUT2D eigenvalue weighted by atomic mass is 10.2. The van der Waals surface area contributed by atoms with Crippen molar-refractivity contribution in [2.45, 2.75) is 0 Å². The average Bonchev–Trinajstić information content (AvgIpc) is 2.47. The second-order valence-corrected chi connectivity index (χ2v) is 5.56. The molecular weight excluding hydrogens is 370 g/mol. The summed E-state index contributed by atoms with van der Waals surface area (Å²) in [6.07, 6.45) is 0. The highest BCUT2D eigenvalue weighted by atomic mass is 79.9. The van der Waals surface area contributed by atoms with Crippen LogP contribution in [-0.4, -0.2) is 17.1 Å². The number of methoxy groups -OCH3 is 1. The van der Waals surface area contributed by atoms with Gasteiger partial charge in [0, 0.05) is 16.2 Å². The molecule has 22 heavy (non-hydrogen) atoms. The molecule has 0 amide bonds. The third kappa shape index (κ3) is 4.15. The summed E-state index contributed by atoms with van der Waals surface area (Å²) in [6.45, 7) is 0. The zero-order valence-electron chi connectivity index (χ0n) is 11.5. The molecule has 0 aliphatic rings. The normalized spacial score (nSPS) is 9.91. The number of thiocarbonyl (C=S) groups is 1. The average molecular weight is 382 g/mol. The molecule has 0 aliphatic carbocycles. The number of nitrogens with one attached hydrogen (secondary N) is 2.